The lowest BCUT2D eigenvalue weighted by Crippen LogP contribution is -2.43. The van der Waals surface area contributed by atoms with Gasteiger partial charge < -0.3 is 10.1 Å². The van der Waals surface area contributed by atoms with Gasteiger partial charge in [0.1, 0.15) is 5.71 Å². The van der Waals surface area contributed by atoms with Gasteiger partial charge in [0, 0.05) is 21.8 Å². The van der Waals surface area contributed by atoms with Gasteiger partial charge in [-0.25, -0.2) is 9.79 Å². The Bertz CT molecular complexity index is 1410. The zero-order valence-corrected chi connectivity index (χ0v) is 22.4. The average molecular weight is 545 g/mol. The summed E-state index contributed by atoms with van der Waals surface area (Å²) in [4.78, 5) is 46.8. The summed E-state index contributed by atoms with van der Waals surface area (Å²) in [7, 11) is 0. The summed E-state index contributed by atoms with van der Waals surface area (Å²) in [5.41, 5.74) is 3.80. The van der Waals surface area contributed by atoms with Crippen LogP contribution in [-0.2, 0) is 9.53 Å². The molecule has 5 rings (SSSR count). The van der Waals surface area contributed by atoms with Gasteiger partial charge in [-0.2, -0.15) is 0 Å². The first kappa shape index (κ1) is 26.6. The number of carbonyl (C=O) groups excluding carboxylic acids is 3. The van der Waals surface area contributed by atoms with Crippen LogP contribution in [-0.4, -0.2) is 54.8 Å². The quantitative estimate of drug-likeness (QED) is 0.386. The number of halogens is 1. The summed E-state index contributed by atoms with van der Waals surface area (Å²) in [6.07, 6.45) is 3.49. The summed E-state index contributed by atoms with van der Waals surface area (Å²) in [6, 6.07) is 18.7. The minimum Gasteiger partial charge on any atom is -0.462 e. The molecule has 0 atom stereocenters. The summed E-state index contributed by atoms with van der Waals surface area (Å²) in [5, 5.41) is 3.35. The lowest BCUT2D eigenvalue weighted by molar-refractivity contribution is -0.112. The van der Waals surface area contributed by atoms with Gasteiger partial charge in [-0.1, -0.05) is 18.0 Å². The number of aliphatic imine (C=N–C) groups is 1. The Morgan fingerprint density at radius 3 is 2.33 bits per heavy atom. The van der Waals surface area contributed by atoms with Crippen LogP contribution in [0.2, 0.25) is 5.02 Å². The number of fused-ring (bicyclic) bond motifs is 1. The molecule has 0 bridgehead atoms. The Kier molecular flexibility index (Phi) is 8.05. The van der Waals surface area contributed by atoms with Crippen molar-refractivity contribution in [2.24, 2.45) is 4.99 Å². The molecule has 3 aromatic carbocycles. The van der Waals surface area contributed by atoms with E-state index in [4.69, 9.17) is 16.3 Å². The smallest absolute Gasteiger partial charge is 0.338 e. The number of likely N-dealkylation sites (tertiary alicyclic amines) is 1. The van der Waals surface area contributed by atoms with Crippen molar-refractivity contribution >= 4 is 52.2 Å². The standard InChI is InChI=1S/C30H29ClN4O4/c1-2-39-30(38)21-8-13-24(14-9-21)33-28(36)20-6-11-23(12-7-20)32-27-25-18-22(31)10-15-26(25)35(29(27)37)19-34-16-4-3-5-17-34/h6-15,18H,2-5,16-17,19H2,1H3,(H,33,36). The number of amides is 2. The molecule has 2 aliphatic heterocycles. The van der Waals surface area contributed by atoms with Crippen LogP contribution >= 0.6 is 11.6 Å². The molecule has 0 radical (unpaired) electrons. The second-order valence-electron chi connectivity index (χ2n) is 9.47. The van der Waals surface area contributed by atoms with Crippen LogP contribution in [0.25, 0.3) is 0 Å². The Labute approximate surface area is 232 Å². The van der Waals surface area contributed by atoms with Crippen molar-refractivity contribution in [3.8, 4) is 0 Å². The highest BCUT2D eigenvalue weighted by Gasteiger charge is 2.35. The second kappa shape index (κ2) is 11.8. The number of ether oxygens (including phenoxy) is 1. The molecule has 0 aromatic heterocycles. The van der Waals surface area contributed by atoms with E-state index in [1.165, 1.54) is 6.42 Å². The van der Waals surface area contributed by atoms with Crippen LogP contribution in [0.5, 0.6) is 0 Å². The van der Waals surface area contributed by atoms with E-state index in [2.05, 4.69) is 15.2 Å². The number of piperidine rings is 1. The van der Waals surface area contributed by atoms with Crippen LogP contribution < -0.4 is 10.2 Å². The van der Waals surface area contributed by atoms with E-state index in [0.29, 0.717) is 52.1 Å². The maximum atomic E-state index is 13.5. The lowest BCUT2D eigenvalue weighted by Gasteiger charge is -2.30. The first-order chi connectivity index (χ1) is 18.9. The maximum absolute atomic E-state index is 13.5. The number of carbonyl (C=O) groups is 3. The molecule has 3 aromatic rings. The van der Waals surface area contributed by atoms with Gasteiger partial charge in [0.15, 0.2) is 0 Å². The zero-order chi connectivity index (χ0) is 27.4. The van der Waals surface area contributed by atoms with Gasteiger partial charge in [-0.05, 0) is 99.6 Å². The van der Waals surface area contributed by atoms with E-state index >= 15 is 0 Å². The first-order valence-electron chi connectivity index (χ1n) is 13.0. The Balaban J connectivity index is 1.31. The summed E-state index contributed by atoms with van der Waals surface area (Å²) in [5.74, 6) is -0.876. The zero-order valence-electron chi connectivity index (χ0n) is 21.7. The summed E-state index contributed by atoms with van der Waals surface area (Å²) < 4.78 is 4.98. The van der Waals surface area contributed by atoms with E-state index in [-0.39, 0.29) is 11.8 Å². The minimum absolute atomic E-state index is 0.161. The fourth-order valence-electron chi connectivity index (χ4n) is 4.76. The molecule has 1 N–H and O–H groups in total. The Morgan fingerprint density at radius 2 is 1.64 bits per heavy atom. The van der Waals surface area contributed by atoms with E-state index in [0.717, 1.165) is 31.6 Å². The molecule has 2 aliphatic rings. The van der Waals surface area contributed by atoms with E-state index < -0.39 is 5.97 Å². The summed E-state index contributed by atoms with van der Waals surface area (Å²) >= 11 is 6.28. The molecule has 0 saturated carbocycles. The maximum Gasteiger partial charge on any atom is 0.338 e. The highest BCUT2D eigenvalue weighted by atomic mass is 35.5. The van der Waals surface area contributed by atoms with E-state index in [1.54, 1.807) is 72.5 Å². The predicted molar refractivity (Wildman–Crippen MR) is 152 cm³/mol. The van der Waals surface area contributed by atoms with Crippen molar-refractivity contribution in [1.82, 2.24) is 4.90 Å². The molecule has 200 valence electrons. The normalized spacial score (nSPS) is 16.3. The van der Waals surface area contributed by atoms with Gasteiger partial charge in [0.25, 0.3) is 11.8 Å². The molecule has 0 aliphatic carbocycles. The van der Waals surface area contributed by atoms with Crippen molar-refractivity contribution in [1.29, 1.82) is 0 Å². The highest BCUT2D eigenvalue weighted by Crippen LogP contribution is 2.33. The number of esters is 1. The van der Waals surface area contributed by atoms with Crippen LogP contribution in [0.1, 0.15) is 52.5 Å². The molecular formula is C30H29ClN4O4. The van der Waals surface area contributed by atoms with Crippen LogP contribution in [0.3, 0.4) is 0 Å². The largest absolute Gasteiger partial charge is 0.462 e. The van der Waals surface area contributed by atoms with Gasteiger partial charge in [-0.3, -0.25) is 19.4 Å². The molecular weight excluding hydrogens is 516 g/mol. The molecule has 9 heteroatoms. The van der Waals surface area contributed by atoms with Gasteiger partial charge >= 0.3 is 5.97 Å². The second-order valence-corrected chi connectivity index (χ2v) is 9.91. The van der Waals surface area contributed by atoms with E-state index in [9.17, 15) is 14.4 Å². The molecule has 2 amide bonds. The number of anilines is 2. The molecule has 0 unspecified atom stereocenters. The molecule has 0 spiro atoms. The Hall–Kier alpha value is -4.01. The minimum atomic E-state index is -0.409. The van der Waals surface area contributed by atoms with Crippen molar-refractivity contribution in [3.05, 3.63) is 88.4 Å². The monoisotopic (exact) mass is 544 g/mol. The number of hydrogen-bond acceptors (Lipinski definition) is 6. The fourth-order valence-corrected chi connectivity index (χ4v) is 4.93. The highest BCUT2D eigenvalue weighted by molar-refractivity contribution is 6.55. The van der Waals surface area contributed by atoms with Crippen molar-refractivity contribution in [2.45, 2.75) is 26.2 Å². The van der Waals surface area contributed by atoms with Crippen LogP contribution in [0.15, 0.2) is 71.7 Å². The number of nitrogens with one attached hydrogen (secondary N) is 1. The third-order valence-corrected chi connectivity index (χ3v) is 7.00. The van der Waals surface area contributed by atoms with Crippen molar-refractivity contribution in [3.63, 3.8) is 0 Å². The number of hydrogen-bond donors (Lipinski definition) is 1. The predicted octanol–water partition coefficient (Wildman–Crippen LogP) is 5.68. The van der Waals surface area contributed by atoms with Crippen LogP contribution in [0.4, 0.5) is 17.1 Å². The molecule has 8 nitrogen and oxygen atoms in total. The van der Waals surface area contributed by atoms with Gasteiger partial charge in [0.2, 0.25) is 0 Å². The van der Waals surface area contributed by atoms with Gasteiger partial charge in [-0.15, -0.1) is 0 Å². The molecule has 39 heavy (non-hydrogen) atoms. The number of nitrogens with zero attached hydrogens (tertiary/aromatic N) is 3. The molecule has 1 saturated heterocycles. The number of benzene rings is 3. The topological polar surface area (TPSA) is 91.3 Å². The summed E-state index contributed by atoms with van der Waals surface area (Å²) in [6.45, 7) is 4.50. The van der Waals surface area contributed by atoms with Gasteiger partial charge in [0.05, 0.1) is 30.2 Å². The van der Waals surface area contributed by atoms with Crippen molar-refractivity contribution in [2.75, 3.05) is 36.6 Å². The Morgan fingerprint density at radius 1 is 0.949 bits per heavy atom. The van der Waals surface area contributed by atoms with E-state index in [1.807, 2.05) is 6.07 Å². The molecule has 2 heterocycles. The third kappa shape index (κ3) is 6.02. The molecule has 1 fully saturated rings. The number of rotatable bonds is 7. The first-order valence-corrected chi connectivity index (χ1v) is 13.4. The van der Waals surface area contributed by atoms with Crippen LogP contribution in [0, 0.1) is 0 Å². The fraction of sp³-hybridized carbons (Fsp3) is 0.267. The SMILES string of the molecule is CCOC(=O)c1ccc(NC(=O)c2ccc(N=C3C(=O)N(CN4CCCCC4)c4ccc(Cl)cc43)cc2)cc1. The third-order valence-electron chi connectivity index (χ3n) is 6.77. The lowest BCUT2D eigenvalue weighted by atomic mass is 10.1. The average Bonchev–Trinajstić information content (AvgIpc) is 3.19. The van der Waals surface area contributed by atoms with Crippen molar-refractivity contribution < 1.29 is 19.1 Å².